The number of rotatable bonds is 0. The average Bonchev–Trinajstić information content (AvgIpc) is 2.23. The predicted molar refractivity (Wildman–Crippen MR) is 37.3 cm³/mol. The molecule has 3 nitrogen and oxygen atoms in total. The Kier molecular flexibility index (Phi) is 3.88. The third-order valence-electron chi connectivity index (χ3n) is 0.909. The first-order valence-electron chi connectivity index (χ1n) is 3.08. The van der Waals surface area contributed by atoms with Crippen LogP contribution < -0.4 is 5.48 Å². The van der Waals surface area contributed by atoms with Crippen molar-refractivity contribution in [3.05, 3.63) is 12.4 Å². The summed E-state index contributed by atoms with van der Waals surface area (Å²) in [5.74, 6) is 0.819. The van der Waals surface area contributed by atoms with Gasteiger partial charge in [0, 0.05) is 7.05 Å². The number of hydrogen-bond donors (Lipinski definition) is 1. The second-order valence-corrected chi connectivity index (χ2v) is 1.52. The number of hydroxylamine groups is 1. The lowest BCUT2D eigenvalue weighted by Gasteiger charge is -2.03. The summed E-state index contributed by atoms with van der Waals surface area (Å²) in [6.07, 6.45) is 0. The third kappa shape index (κ3) is 2.37. The first-order chi connectivity index (χ1) is 4.30. The molecule has 0 aromatic heterocycles. The Morgan fingerprint density at radius 3 is 2.33 bits per heavy atom. The maximum Gasteiger partial charge on any atom is 0.147 e. The molecule has 0 atom stereocenters. The van der Waals surface area contributed by atoms with E-state index < -0.39 is 0 Å². The molecule has 1 aliphatic heterocycles. The standard InChI is InChI=1S/C4H8N2O.C2H6/c1-4-5-7-3-6(4)2;1-2/h5H,1,3H2,2H3;1-2H3. The van der Waals surface area contributed by atoms with E-state index in [0.29, 0.717) is 6.73 Å². The van der Waals surface area contributed by atoms with Crippen LogP contribution in [-0.4, -0.2) is 18.7 Å². The van der Waals surface area contributed by atoms with E-state index in [4.69, 9.17) is 4.84 Å². The summed E-state index contributed by atoms with van der Waals surface area (Å²) in [5.41, 5.74) is 2.60. The number of hydrogen-bond acceptors (Lipinski definition) is 3. The Hall–Kier alpha value is -0.700. The zero-order valence-corrected chi connectivity index (χ0v) is 6.27. The van der Waals surface area contributed by atoms with E-state index >= 15 is 0 Å². The van der Waals surface area contributed by atoms with Crippen molar-refractivity contribution in [3.63, 3.8) is 0 Å². The van der Waals surface area contributed by atoms with Crippen LogP contribution in [0.2, 0.25) is 0 Å². The van der Waals surface area contributed by atoms with E-state index in [0.717, 1.165) is 5.82 Å². The van der Waals surface area contributed by atoms with E-state index in [1.807, 2.05) is 25.8 Å². The highest BCUT2D eigenvalue weighted by Gasteiger charge is 2.07. The Morgan fingerprint density at radius 2 is 2.22 bits per heavy atom. The molecule has 0 saturated carbocycles. The second kappa shape index (κ2) is 4.21. The highest BCUT2D eigenvalue weighted by molar-refractivity contribution is 4.87. The highest BCUT2D eigenvalue weighted by Crippen LogP contribution is 1.99. The van der Waals surface area contributed by atoms with Gasteiger partial charge in [0.2, 0.25) is 0 Å². The molecule has 0 amide bonds. The molecule has 1 heterocycles. The van der Waals surface area contributed by atoms with Crippen LogP contribution in [0.3, 0.4) is 0 Å². The van der Waals surface area contributed by atoms with Gasteiger partial charge in [-0.2, -0.15) is 0 Å². The summed E-state index contributed by atoms with van der Waals surface area (Å²) in [7, 11) is 1.91. The molecule has 0 spiro atoms. The molecular weight excluding hydrogens is 116 g/mol. The maximum absolute atomic E-state index is 4.75. The first kappa shape index (κ1) is 8.30. The van der Waals surface area contributed by atoms with Crippen LogP contribution in [0.1, 0.15) is 13.8 Å². The normalized spacial score (nSPS) is 16.3. The van der Waals surface area contributed by atoms with Gasteiger partial charge in [-0.3, -0.25) is 4.84 Å². The largest absolute Gasteiger partial charge is 0.335 e. The quantitative estimate of drug-likeness (QED) is 0.527. The molecule has 0 aromatic rings. The molecule has 3 heteroatoms. The van der Waals surface area contributed by atoms with E-state index in [9.17, 15) is 0 Å². The van der Waals surface area contributed by atoms with Crippen LogP contribution >= 0.6 is 0 Å². The van der Waals surface area contributed by atoms with Crippen molar-refractivity contribution < 1.29 is 4.84 Å². The van der Waals surface area contributed by atoms with E-state index in [1.165, 1.54) is 0 Å². The van der Waals surface area contributed by atoms with Crippen LogP contribution in [0.25, 0.3) is 0 Å². The zero-order valence-electron chi connectivity index (χ0n) is 6.27. The first-order valence-corrected chi connectivity index (χ1v) is 3.08. The Bertz CT molecular complexity index is 93.1. The molecule has 54 valence electrons. The van der Waals surface area contributed by atoms with Crippen molar-refractivity contribution in [2.45, 2.75) is 13.8 Å². The smallest absolute Gasteiger partial charge is 0.147 e. The molecule has 1 saturated heterocycles. The average molecular weight is 130 g/mol. The van der Waals surface area contributed by atoms with Crippen molar-refractivity contribution in [1.29, 1.82) is 0 Å². The molecule has 0 radical (unpaired) electrons. The maximum atomic E-state index is 4.75. The summed E-state index contributed by atoms with van der Waals surface area (Å²) < 4.78 is 0. The Morgan fingerprint density at radius 1 is 1.67 bits per heavy atom. The van der Waals surface area contributed by atoms with Gasteiger partial charge in [0.05, 0.1) is 0 Å². The van der Waals surface area contributed by atoms with Gasteiger partial charge in [0.15, 0.2) is 0 Å². The molecule has 1 N–H and O–H groups in total. The fourth-order valence-corrected chi connectivity index (χ4v) is 0.368. The van der Waals surface area contributed by atoms with Gasteiger partial charge in [-0.25, -0.2) is 5.48 Å². The number of nitrogens with one attached hydrogen (secondary N) is 1. The monoisotopic (exact) mass is 130 g/mol. The zero-order chi connectivity index (χ0) is 7.28. The van der Waals surface area contributed by atoms with Crippen molar-refractivity contribution in [2.75, 3.05) is 13.8 Å². The lowest BCUT2D eigenvalue weighted by atomic mass is 10.7. The van der Waals surface area contributed by atoms with E-state index in [1.54, 1.807) is 0 Å². The lowest BCUT2D eigenvalue weighted by molar-refractivity contribution is 0.0857. The lowest BCUT2D eigenvalue weighted by Crippen LogP contribution is -2.11. The van der Waals surface area contributed by atoms with Crippen molar-refractivity contribution in [3.8, 4) is 0 Å². The minimum atomic E-state index is 0.596. The minimum Gasteiger partial charge on any atom is -0.335 e. The van der Waals surface area contributed by atoms with Crippen LogP contribution in [-0.2, 0) is 4.84 Å². The Balaban J connectivity index is 0.000000291. The summed E-state index contributed by atoms with van der Waals surface area (Å²) in [6.45, 7) is 8.22. The second-order valence-electron chi connectivity index (χ2n) is 1.52. The fourth-order valence-electron chi connectivity index (χ4n) is 0.368. The van der Waals surface area contributed by atoms with Crippen LogP contribution in [0.4, 0.5) is 0 Å². The molecule has 0 aromatic carbocycles. The molecule has 9 heavy (non-hydrogen) atoms. The van der Waals surface area contributed by atoms with Crippen LogP contribution in [0.15, 0.2) is 12.4 Å². The minimum absolute atomic E-state index is 0.596. The molecule has 1 fully saturated rings. The van der Waals surface area contributed by atoms with Gasteiger partial charge in [0.25, 0.3) is 0 Å². The van der Waals surface area contributed by atoms with Gasteiger partial charge >= 0.3 is 0 Å². The molecule has 0 unspecified atom stereocenters. The molecular formula is C6H14N2O. The van der Waals surface area contributed by atoms with Crippen molar-refractivity contribution in [1.82, 2.24) is 10.4 Å². The topological polar surface area (TPSA) is 24.5 Å². The summed E-state index contributed by atoms with van der Waals surface area (Å²) in [6, 6.07) is 0. The molecule has 0 aliphatic carbocycles. The summed E-state index contributed by atoms with van der Waals surface area (Å²) in [5, 5.41) is 0. The Labute approximate surface area is 56.3 Å². The van der Waals surface area contributed by atoms with Gasteiger partial charge in [-0.1, -0.05) is 20.4 Å². The summed E-state index contributed by atoms with van der Waals surface area (Å²) in [4.78, 5) is 6.62. The third-order valence-corrected chi connectivity index (χ3v) is 0.909. The number of nitrogens with zero attached hydrogens (tertiary/aromatic N) is 1. The molecule has 1 aliphatic rings. The van der Waals surface area contributed by atoms with Gasteiger partial charge in [0.1, 0.15) is 12.6 Å². The van der Waals surface area contributed by atoms with Crippen LogP contribution in [0.5, 0.6) is 0 Å². The van der Waals surface area contributed by atoms with Gasteiger partial charge in [-0.15, -0.1) is 0 Å². The molecule has 1 rings (SSSR count). The fraction of sp³-hybridized carbons (Fsp3) is 0.667. The highest BCUT2D eigenvalue weighted by atomic mass is 16.7. The van der Waals surface area contributed by atoms with Crippen LogP contribution in [0, 0.1) is 0 Å². The van der Waals surface area contributed by atoms with E-state index in [2.05, 4.69) is 12.1 Å². The SMILES string of the molecule is C=C1NOCN1C.CC. The van der Waals surface area contributed by atoms with E-state index in [-0.39, 0.29) is 0 Å². The van der Waals surface area contributed by atoms with Gasteiger partial charge in [-0.05, 0) is 0 Å². The summed E-state index contributed by atoms with van der Waals surface area (Å²) >= 11 is 0. The van der Waals surface area contributed by atoms with Crippen molar-refractivity contribution in [2.24, 2.45) is 0 Å². The van der Waals surface area contributed by atoms with Crippen molar-refractivity contribution >= 4 is 0 Å². The van der Waals surface area contributed by atoms with Gasteiger partial charge < -0.3 is 4.90 Å². The predicted octanol–water partition coefficient (Wildman–Crippen LogP) is 0.908. The molecule has 0 bridgehead atoms.